The molecule has 0 saturated carbocycles. The number of aryl methyl sites for hydroxylation is 1. The van der Waals surface area contributed by atoms with Crippen LogP contribution in [0.2, 0.25) is 0 Å². The highest BCUT2D eigenvalue weighted by atomic mass is 32.2. The summed E-state index contributed by atoms with van der Waals surface area (Å²) >= 11 is 1.58. The summed E-state index contributed by atoms with van der Waals surface area (Å²) in [4.78, 5) is 4.27. The van der Waals surface area contributed by atoms with Crippen molar-refractivity contribution in [1.82, 2.24) is 29.5 Å². The lowest BCUT2D eigenvalue weighted by molar-refractivity contribution is 0.556. The maximum atomic E-state index is 5.81. The maximum absolute atomic E-state index is 5.81. The largest absolute Gasteiger partial charge is 0.368 e. The van der Waals surface area contributed by atoms with Crippen LogP contribution in [0.25, 0.3) is 0 Å². The molecule has 0 aliphatic carbocycles. The zero-order chi connectivity index (χ0) is 13.8. The van der Waals surface area contributed by atoms with Crippen molar-refractivity contribution in [3.8, 4) is 0 Å². The van der Waals surface area contributed by atoms with Gasteiger partial charge in [-0.3, -0.25) is 4.57 Å². The van der Waals surface area contributed by atoms with Crippen molar-refractivity contribution in [3.63, 3.8) is 0 Å². The van der Waals surface area contributed by atoms with Crippen molar-refractivity contribution >= 4 is 17.7 Å². The van der Waals surface area contributed by atoms with E-state index in [1.54, 1.807) is 18.1 Å². The molecule has 0 saturated heterocycles. The fourth-order valence-electron chi connectivity index (χ4n) is 1.80. The van der Waals surface area contributed by atoms with Crippen LogP contribution in [0.1, 0.15) is 39.1 Å². The zero-order valence-electron chi connectivity index (χ0n) is 11.4. The van der Waals surface area contributed by atoms with Gasteiger partial charge in [0.2, 0.25) is 5.95 Å². The molecule has 2 rings (SSSR count). The summed E-state index contributed by atoms with van der Waals surface area (Å²) in [6, 6.07) is 0.242. The molecule has 0 aromatic carbocycles. The van der Waals surface area contributed by atoms with Gasteiger partial charge in [-0.1, -0.05) is 18.7 Å². The highest BCUT2D eigenvalue weighted by Crippen LogP contribution is 2.25. The van der Waals surface area contributed by atoms with Gasteiger partial charge in [0.1, 0.15) is 12.2 Å². The number of rotatable bonds is 6. The molecular formula is C11H19N7S. The third-order valence-corrected chi connectivity index (χ3v) is 3.61. The van der Waals surface area contributed by atoms with E-state index < -0.39 is 0 Å². The van der Waals surface area contributed by atoms with E-state index in [1.165, 1.54) is 0 Å². The summed E-state index contributed by atoms with van der Waals surface area (Å²) in [5, 5.41) is 13.1. The van der Waals surface area contributed by atoms with Crippen LogP contribution in [0.4, 0.5) is 5.95 Å². The molecule has 2 aromatic heterocycles. The molecule has 2 aromatic rings. The quantitative estimate of drug-likeness (QED) is 0.811. The second kappa shape index (κ2) is 6.05. The van der Waals surface area contributed by atoms with Crippen molar-refractivity contribution < 1.29 is 0 Å². The number of thioether (sulfide) groups is 1. The molecule has 0 bridgehead atoms. The summed E-state index contributed by atoms with van der Waals surface area (Å²) in [5.74, 6) is 2.11. The molecule has 0 spiro atoms. The molecule has 2 heterocycles. The summed E-state index contributed by atoms with van der Waals surface area (Å²) in [7, 11) is 0. The Hall–Kier alpha value is -1.57. The number of aromatic nitrogens is 6. The van der Waals surface area contributed by atoms with Gasteiger partial charge in [0.25, 0.3) is 0 Å². The van der Waals surface area contributed by atoms with E-state index in [4.69, 9.17) is 5.73 Å². The van der Waals surface area contributed by atoms with Gasteiger partial charge in [-0.05, 0) is 20.3 Å². The summed E-state index contributed by atoms with van der Waals surface area (Å²) in [6.45, 7) is 7.12. The highest BCUT2D eigenvalue weighted by Gasteiger charge is 2.14. The van der Waals surface area contributed by atoms with E-state index in [9.17, 15) is 0 Å². The number of nitrogen functional groups attached to an aromatic ring is 1. The fraction of sp³-hybridized carbons (Fsp3) is 0.636. The number of anilines is 1. The highest BCUT2D eigenvalue weighted by molar-refractivity contribution is 7.98. The van der Waals surface area contributed by atoms with Crippen LogP contribution in [0.3, 0.4) is 0 Å². The molecule has 2 N–H and O–H groups in total. The first kappa shape index (κ1) is 13.9. The first-order chi connectivity index (χ1) is 9.13. The van der Waals surface area contributed by atoms with Crippen molar-refractivity contribution in [1.29, 1.82) is 0 Å². The molecule has 7 nitrogen and oxygen atoms in total. The topological polar surface area (TPSA) is 87.4 Å². The normalized spacial score (nSPS) is 11.4. The molecule has 0 aliphatic rings. The van der Waals surface area contributed by atoms with Crippen molar-refractivity contribution in [2.24, 2.45) is 0 Å². The van der Waals surface area contributed by atoms with Gasteiger partial charge < -0.3 is 5.73 Å². The third kappa shape index (κ3) is 3.06. The molecule has 0 aliphatic heterocycles. The van der Waals surface area contributed by atoms with E-state index in [2.05, 4.69) is 41.1 Å². The summed E-state index contributed by atoms with van der Waals surface area (Å²) < 4.78 is 3.84. The van der Waals surface area contributed by atoms with Gasteiger partial charge in [0, 0.05) is 12.6 Å². The monoisotopic (exact) mass is 281 g/mol. The predicted octanol–water partition coefficient (Wildman–Crippen LogP) is 1.73. The van der Waals surface area contributed by atoms with E-state index >= 15 is 0 Å². The lowest BCUT2D eigenvalue weighted by Gasteiger charge is -2.11. The SMILES string of the molecule is CCCn1ncnc1CSc1nnc(N)n1C(C)C. The van der Waals surface area contributed by atoms with Crippen LogP contribution >= 0.6 is 11.8 Å². The number of nitrogens with zero attached hydrogens (tertiary/aromatic N) is 6. The van der Waals surface area contributed by atoms with Crippen LogP contribution in [0.5, 0.6) is 0 Å². The van der Waals surface area contributed by atoms with Crippen molar-refractivity contribution in [2.75, 3.05) is 5.73 Å². The molecule has 8 heteroatoms. The second-order valence-electron chi connectivity index (χ2n) is 4.49. The average molecular weight is 281 g/mol. The average Bonchev–Trinajstić information content (AvgIpc) is 2.94. The van der Waals surface area contributed by atoms with Crippen LogP contribution in [-0.4, -0.2) is 29.5 Å². The van der Waals surface area contributed by atoms with Crippen LogP contribution < -0.4 is 5.73 Å². The van der Waals surface area contributed by atoms with Gasteiger partial charge in [-0.25, -0.2) is 9.67 Å². The standard InChI is InChI=1S/C11H19N7S/c1-4-5-17-9(13-7-14-17)6-19-11-16-15-10(12)18(11)8(2)3/h7-8H,4-6H2,1-3H3,(H2,12,15). The van der Waals surface area contributed by atoms with E-state index in [0.29, 0.717) is 11.7 Å². The Balaban J connectivity index is 2.08. The Kier molecular flexibility index (Phi) is 4.41. The Morgan fingerprint density at radius 2 is 2.16 bits per heavy atom. The number of hydrogen-bond donors (Lipinski definition) is 1. The zero-order valence-corrected chi connectivity index (χ0v) is 12.3. The minimum Gasteiger partial charge on any atom is -0.368 e. The van der Waals surface area contributed by atoms with E-state index in [-0.39, 0.29) is 6.04 Å². The van der Waals surface area contributed by atoms with Crippen LogP contribution in [0, 0.1) is 0 Å². The maximum Gasteiger partial charge on any atom is 0.222 e. The summed E-state index contributed by atoms with van der Waals surface area (Å²) in [6.07, 6.45) is 2.63. The number of nitrogens with two attached hydrogens (primary N) is 1. The van der Waals surface area contributed by atoms with Gasteiger partial charge >= 0.3 is 0 Å². The van der Waals surface area contributed by atoms with Crippen molar-refractivity contribution in [2.45, 2.75) is 50.7 Å². The number of hydrogen-bond acceptors (Lipinski definition) is 6. The predicted molar refractivity (Wildman–Crippen MR) is 74.7 cm³/mol. The molecule has 0 atom stereocenters. The lowest BCUT2D eigenvalue weighted by Crippen LogP contribution is -2.08. The van der Waals surface area contributed by atoms with Crippen molar-refractivity contribution in [3.05, 3.63) is 12.2 Å². The lowest BCUT2D eigenvalue weighted by atomic mass is 10.4. The molecule has 0 fully saturated rings. The van der Waals surface area contributed by atoms with Gasteiger partial charge in [-0.2, -0.15) is 5.10 Å². The Bertz CT molecular complexity index is 531. The Morgan fingerprint density at radius 1 is 1.37 bits per heavy atom. The first-order valence-corrected chi connectivity index (χ1v) is 7.31. The van der Waals surface area contributed by atoms with Crippen LogP contribution in [0.15, 0.2) is 11.5 Å². The summed E-state index contributed by atoms with van der Waals surface area (Å²) in [5.41, 5.74) is 5.81. The molecule has 0 amide bonds. The Morgan fingerprint density at radius 3 is 2.84 bits per heavy atom. The smallest absolute Gasteiger partial charge is 0.222 e. The van der Waals surface area contributed by atoms with Gasteiger partial charge in [0.15, 0.2) is 5.16 Å². The molecule has 0 unspecified atom stereocenters. The van der Waals surface area contributed by atoms with Gasteiger partial charge in [0.05, 0.1) is 5.75 Å². The minimum absolute atomic E-state index is 0.242. The van der Waals surface area contributed by atoms with E-state index in [1.807, 2.05) is 9.25 Å². The van der Waals surface area contributed by atoms with E-state index in [0.717, 1.165) is 23.9 Å². The molecule has 104 valence electrons. The molecule has 0 radical (unpaired) electrons. The third-order valence-electron chi connectivity index (χ3n) is 2.67. The second-order valence-corrected chi connectivity index (χ2v) is 5.44. The fourth-order valence-corrected chi connectivity index (χ4v) is 2.82. The Labute approximate surface area is 116 Å². The minimum atomic E-state index is 0.242. The molecule has 19 heavy (non-hydrogen) atoms. The molecular weight excluding hydrogens is 262 g/mol. The first-order valence-electron chi connectivity index (χ1n) is 6.33. The van der Waals surface area contributed by atoms with Gasteiger partial charge in [-0.15, -0.1) is 10.2 Å². The van der Waals surface area contributed by atoms with Crippen LogP contribution in [-0.2, 0) is 12.3 Å².